The van der Waals surface area contributed by atoms with E-state index in [0.29, 0.717) is 0 Å². The summed E-state index contributed by atoms with van der Waals surface area (Å²) in [5.74, 6) is 0. The lowest BCUT2D eigenvalue weighted by atomic mass is 10.1. The van der Waals surface area contributed by atoms with Crippen LogP contribution in [-0.2, 0) is 7.05 Å². The zero-order valence-corrected chi connectivity index (χ0v) is 10.4. The van der Waals surface area contributed by atoms with Crippen LogP contribution in [0.25, 0.3) is 22.2 Å². The maximum Gasteiger partial charge on any atom is 0.271 e. The zero-order chi connectivity index (χ0) is 13.4. The minimum atomic E-state index is -0.366. The quantitative estimate of drug-likeness (QED) is 0.515. The van der Waals surface area contributed by atoms with Gasteiger partial charge in [-0.2, -0.15) is 0 Å². The second-order valence-corrected chi connectivity index (χ2v) is 4.45. The predicted octanol–water partition coefficient (Wildman–Crippen LogP) is 3.75. The highest BCUT2D eigenvalue weighted by molar-refractivity contribution is 5.88. The first-order chi connectivity index (χ1) is 9.16. The van der Waals surface area contributed by atoms with E-state index in [-0.39, 0.29) is 10.6 Å². The largest absolute Gasteiger partial charge is 0.343 e. The summed E-state index contributed by atoms with van der Waals surface area (Å²) >= 11 is 0. The van der Waals surface area contributed by atoms with E-state index in [1.54, 1.807) is 12.1 Å². The molecule has 19 heavy (non-hydrogen) atoms. The summed E-state index contributed by atoms with van der Waals surface area (Å²) in [6.07, 6.45) is 0. The Kier molecular flexibility index (Phi) is 2.56. The van der Waals surface area contributed by atoms with Gasteiger partial charge in [0, 0.05) is 30.3 Å². The monoisotopic (exact) mass is 252 g/mol. The molecule has 94 valence electrons. The molecule has 2 aromatic carbocycles. The molecule has 0 aliphatic rings. The maximum absolute atomic E-state index is 10.8. The first-order valence-corrected chi connectivity index (χ1v) is 5.96. The zero-order valence-electron chi connectivity index (χ0n) is 10.4. The van der Waals surface area contributed by atoms with Gasteiger partial charge in [0.2, 0.25) is 0 Å². The third kappa shape index (κ3) is 1.87. The van der Waals surface area contributed by atoms with Gasteiger partial charge < -0.3 is 4.57 Å². The van der Waals surface area contributed by atoms with Crippen molar-refractivity contribution in [1.29, 1.82) is 0 Å². The lowest BCUT2D eigenvalue weighted by Gasteiger charge is -2.03. The second kappa shape index (κ2) is 4.24. The maximum atomic E-state index is 10.8. The molecule has 0 atom stereocenters. The molecule has 0 saturated heterocycles. The van der Waals surface area contributed by atoms with Crippen LogP contribution in [0, 0.1) is 10.1 Å². The molecule has 0 amide bonds. The van der Waals surface area contributed by atoms with Crippen molar-refractivity contribution in [2.45, 2.75) is 0 Å². The van der Waals surface area contributed by atoms with Crippen LogP contribution in [0.15, 0.2) is 54.6 Å². The van der Waals surface area contributed by atoms with Crippen LogP contribution in [0.5, 0.6) is 0 Å². The van der Waals surface area contributed by atoms with Crippen molar-refractivity contribution in [1.82, 2.24) is 4.57 Å². The lowest BCUT2D eigenvalue weighted by Crippen LogP contribution is -1.92. The third-order valence-corrected chi connectivity index (χ3v) is 3.31. The van der Waals surface area contributed by atoms with Gasteiger partial charge in [0.1, 0.15) is 0 Å². The Morgan fingerprint density at radius 1 is 1.05 bits per heavy atom. The molecule has 0 aliphatic carbocycles. The SMILES string of the molecule is Cn1c(-c2ccccc2)cc2ccc([N+](=O)[O-])cc21. The van der Waals surface area contributed by atoms with E-state index < -0.39 is 0 Å². The minimum absolute atomic E-state index is 0.119. The van der Waals surface area contributed by atoms with Crippen molar-refractivity contribution in [3.05, 3.63) is 64.7 Å². The molecule has 4 nitrogen and oxygen atoms in total. The molecular formula is C15H12N2O2. The van der Waals surface area contributed by atoms with Gasteiger partial charge in [-0.25, -0.2) is 0 Å². The van der Waals surface area contributed by atoms with Crippen LogP contribution in [0.1, 0.15) is 0 Å². The van der Waals surface area contributed by atoms with E-state index in [0.717, 1.165) is 22.2 Å². The molecule has 3 aromatic rings. The standard InChI is InChI=1S/C15H12N2O2/c1-16-14(11-5-3-2-4-6-11)9-12-7-8-13(17(18)19)10-15(12)16/h2-10H,1H3. The Balaban J connectivity index is 2.24. The molecule has 4 heteroatoms. The number of rotatable bonds is 2. The smallest absolute Gasteiger partial charge is 0.271 e. The molecule has 0 spiro atoms. The number of benzene rings is 2. The number of aromatic nitrogens is 1. The molecule has 0 saturated carbocycles. The van der Waals surface area contributed by atoms with Crippen LogP contribution in [0.2, 0.25) is 0 Å². The number of aryl methyl sites for hydroxylation is 1. The highest BCUT2D eigenvalue weighted by Gasteiger charge is 2.12. The number of hydrogen-bond acceptors (Lipinski definition) is 2. The lowest BCUT2D eigenvalue weighted by molar-refractivity contribution is -0.384. The van der Waals surface area contributed by atoms with Gasteiger partial charge in [-0.05, 0) is 17.7 Å². The topological polar surface area (TPSA) is 48.1 Å². The number of nitrogens with zero attached hydrogens (tertiary/aromatic N) is 2. The summed E-state index contributed by atoms with van der Waals surface area (Å²) < 4.78 is 1.98. The number of hydrogen-bond donors (Lipinski definition) is 0. The van der Waals surface area contributed by atoms with Crippen LogP contribution >= 0.6 is 0 Å². The van der Waals surface area contributed by atoms with E-state index in [1.165, 1.54) is 6.07 Å². The average molecular weight is 252 g/mol. The summed E-state index contributed by atoms with van der Waals surface area (Å²) in [6, 6.07) is 17.0. The average Bonchev–Trinajstić information content (AvgIpc) is 2.77. The van der Waals surface area contributed by atoms with Crippen LogP contribution < -0.4 is 0 Å². The number of nitro benzene ring substituents is 1. The Labute approximate surface area is 110 Å². The summed E-state index contributed by atoms with van der Waals surface area (Å²) in [5, 5.41) is 11.8. The summed E-state index contributed by atoms with van der Waals surface area (Å²) in [6.45, 7) is 0. The minimum Gasteiger partial charge on any atom is -0.343 e. The van der Waals surface area contributed by atoms with Crippen LogP contribution in [0.4, 0.5) is 5.69 Å². The molecule has 3 rings (SSSR count). The Hall–Kier alpha value is -2.62. The molecule has 0 N–H and O–H groups in total. The van der Waals surface area contributed by atoms with E-state index >= 15 is 0 Å². The highest BCUT2D eigenvalue weighted by atomic mass is 16.6. The van der Waals surface area contributed by atoms with Crippen molar-refractivity contribution in [2.24, 2.45) is 7.05 Å². The molecule has 1 aromatic heterocycles. The van der Waals surface area contributed by atoms with E-state index in [4.69, 9.17) is 0 Å². The first kappa shape index (κ1) is 11.5. The fraction of sp³-hybridized carbons (Fsp3) is 0.0667. The molecular weight excluding hydrogens is 240 g/mol. The van der Waals surface area contributed by atoms with Gasteiger partial charge >= 0.3 is 0 Å². The molecule has 0 aliphatic heterocycles. The van der Waals surface area contributed by atoms with Gasteiger partial charge in [-0.15, -0.1) is 0 Å². The van der Waals surface area contributed by atoms with E-state index in [1.807, 2.05) is 48.0 Å². The fourth-order valence-corrected chi connectivity index (χ4v) is 2.32. The van der Waals surface area contributed by atoms with E-state index in [2.05, 4.69) is 0 Å². The van der Waals surface area contributed by atoms with Gasteiger partial charge in [-0.1, -0.05) is 30.3 Å². The molecule has 0 fully saturated rings. The molecule has 1 heterocycles. The van der Waals surface area contributed by atoms with E-state index in [9.17, 15) is 10.1 Å². The Morgan fingerprint density at radius 3 is 2.47 bits per heavy atom. The molecule has 0 radical (unpaired) electrons. The second-order valence-electron chi connectivity index (χ2n) is 4.45. The summed E-state index contributed by atoms with van der Waals surface area (Å²) in [4.78, 5) is 10.5. The van der Waals surface area contributed by atoms with Crippen molar-refractivity contribution in [3.63, 3.8) is 0 Å². The number of nitro groups is 1. The highest BCUT2D eigenvalue weighted by Crippen LogP contribution is 2.29. The van der Waals surface area contributed by atoms with Gasteiger partial charge in [0.05, 0.1) is 10.4 Å². The molecule has 0 bridgehead atoms. The van der Waals surface area contributed by atoms with Crippen molar-refractivity contribution < 1.29 is 4.92 Å². The van der Waals surface area contributed by atoms with Crippen LogP contribution in [-0.4, -0.2) is 9.49 Å². The normalized spacial score (nSPS) is 10.8. The Morgan fingerprint density at radius 2 is 1.79 bits per heavy atom. The van der Waals surface area contributed by atoms with Crippen molar-refractivity contribution in [3.8, 4) is 11.3 Å². The Bertz CT molecular complexity index is 760. The predicted molar refractivity (Wildman–Crippen MR) is 75.0 cm³/mol. The summed E-state index contributed by atoms with van der Waals surface area (Å²) in [5.41, 5.74) is 3.14. The first-order valence-electron chi connectivity index (χ1n) is 5.96. The third-order valence-electron chi connectivity index (χ3n) is 3.31. The van der Waals surface area contributed by atoms with Gasteiger partial charge in [0.15, 0.2) is 0 Å². The number of non-ortho nitro benzene ring substituents is 1. The summed E-state index contributed by atoms with van der Waals surface area (Å²) in [7, 11) is 1.92. The van der Waals surface area contributed by atoms with Crippen LogP contribution in [0.3, 0.4) is 0 Å². The van der Waals surface area contributed by atoms with Crippen molar-refractivity contribution >= 4 is 16.6 Å². The number of fused-ring (bicyclic) bond motifs is 1. The fourth-order valence-electron chi connectivity index (χ4n) is 2.32. The van der Waals surface area contributed by atoms with Gasteiger partial charge in [0.25, 0.3) is 5.69 Å². The molecule has 0 unspecified atom stereocenters. The van der Waals surface area contributed by atoms with Gasteiger partial charge in [-0.3, -0.25) is 10.1 Å². The van der Waals surface area contributed by atoms with Crippen molar-refractivity contribution in [2.75, 3.05) is 0 Å².